The molecular formula is C16H19N3O2. The van der Waals surface area contributed by atoms with E-state index in [1.165, 1.54) is 0 Å². The number of benzene rings is 1. The number of rotatable bonds is 4. The molecule has 0 aliphatic heterocycles. The minimum absolute atomic E-state index is 0.154. The van der Waals surface area contributed by atoms with Crippen molar-refractivity contribution in [2.45, 2.75) is 25.7 Å². The van der Waals surface area contributed by atoms with Gasteiger partial charge >= 0.3 is 5.97 Å². The average molecular weight is 285 g/mol. The molecule has 1 aliphatic carbocycles. The lowest BCUT2D eigenvalue weighted by Crippen LogP contribution is -2.25. The molecule has 5 nitrogen and oxygen atoms in total. The monoisotopic (exact) mass is 285 g/mol. The van der Waals surface area contributed by atoms with Gasteiger partial charge in [0.05, 0.1) is 11.4 Å². The predicted octanol–water partition coefficient (Wildman–Crippen LogP) is 2.93. The molecule has 0 amide bonds. The first-order valence-corrected chi connectivity index (χ1v) is 7.41. The van der Waals surface area contributed by atoms with Gasteiger partial charge < -0.3 is 10.4 Å². The number of hydrogen-bond acceptors (Lipinski definition) is 4. The van der Waals surface area contributed by atoms with Crippen LogP contribution in [0.3, 0.4) is 0 Å². The number of anilines is 1. The van der Waals surface area contributed by atoms with Crippen LogP contribution >= 0.6 is 0 Å². The van der Waals surface area contributed by atoms with E-state index in [1.54, 1.807) is 0 Å². The van der Waals surface area contributed by atoms with Crippen LogP contribution in [0.15, 0.2) is 30.5 Å². The van der Waals surface area contributed by atoms with Crippen molar-refractivity contribution in [3.05, 3.63) is 30.5 Å². The number of carboxylic acids is 1. The second kappa shape index (κ2) is 6.08. The quantitative estimate of drug-likeness (QED) is 0.903. The van der Waals surface area contributed by atoms with E-state index >= 15 is 0 Å². The minimum atomic E-state index is -0.653. The summed E-state index contributed by atoms with van der Waals surface area (Å²) >= 11 is 0. The molecule has 1 aromatic carbocycles. The average Bonchev–Trinajstić information content (AvgIpc) is 2.53. The second-order valence-corrected chi connectivity index (χ2v) is 5.69. The van der Waals surface area contributed by atoms with Gasteiger partial charge in [0.25, 0.3) is 0 Å². The third kappa shape index (κ3) is 3.29. The van der Waals surface area contributed by atoms with Crippen LogP contribution in [0.25, 0.3) is 10.9 Å². The molecule has 2 N–H and O–H groups in total. The number of fused-ring (bicyclic) bond motifs is 1. The number of carbonyl (C=O) groups is 1. The zero-order chi connectivity index (χ0) is 14.7. The largest absolute Gasteiger partial charge is 0.481 e. The van der Waals surface area contributed by atoms with Gasteiger partial charge in [-0.05, 0) is 37.7 Å². The Morgan fingerprint density at radius 1 is 1.24 bits per heavy atom. The molecule has 0 radical (unpaired) electrons. The van der Waals surface area contributed by atoms with Gasteiger partial charge in [0.1, 0.15) is 0 Å². The smallest absolute Gasteiger partial charge is 0.306 e. The molecule has 0 spiro atoms. The van der Waals surface area contributed by atoms with E-state index in [0.29, 0.717) is 11.9 Å². The van der Waals surface area contributed by atoms with Crippen molar-refractivity contribution in [3.8, 4) is 0 Å². The number of hydrogen-bond donors (Lipinski definition) is 2. The Balaban J connectivity index is 1.56. The fourth-order valence-electron chi connectivity index (χ4n) is 2.91. The SMILES string of the molecule is O=C(O)C1CCC(CNc2ncc3ccccc3n2)CC1. The lowest BCUT2D eigenvalue weighted by molar-refractivity contribution is -0.143. The Kier molecular flexibility index (Phi) is 3.99. The molecule has 0 saturated heterocycles. The molecule has 1 fully saturated rings. The number of aromatic nitrogens is 2. The van der Waals surface area contributed by atoms with Gasteiger partial charge in [0.15, 0.2) is 0 Å². The van der Waals surface area contributed by atoms with Crippen LogP contribution in [0.5, 0.6) is 0 Å². The van der Waals surface area contributed by atoms with Crippen molar-refractivity contribution in [3.63, 3.8) is 0 Å². The molecule has 0 bridgehead atoms. The maximum atomic E-state index is 10.9. The standard InChI is InChI=1S/C16H19N3O2/c20-15(21)12-7-5-11(6-8-12)9-17-16-18-10-13-3-1-2-4-14(13)19-16/h1-4,10-12H,5-9H2,(H,20,21)(H,17,18,19). The first kappa shape index (κ1) is 13.8. The van der Waals surface area contributed by atoms with Crippen LogP contribution in [0, 0.1) is 11.8 Å². The van der Waals surface area contributed by atoms with Gasteiger partial charge in [-0.3, -0.25) is 4.79 Å². The van der Waals surface area contributed by atoms with E-state index in [-0.39, 0.29) is 5.92 Å². The number of aliphatic carboxylic acids is 1. The highest BCUT2D eigenvalue weighted by Gasteiger charge is 2.25. The van der Waals surface area contributed by atoms with Gasteiger partial charge in [-0.2, -0.15) is 0 Å². The zero-order valence-corrected chi connectivity index (χ0v) is 11.8. The predicted molar refractivity (Wildman–Crippen MR) is 81.1 cm³/mol. The molecule has 1 saturated carbocycles. The summed E-state index contributed by atoms with van der Waals surface area (Å²) in [6.45, 7) is 0.810. The normalized spacial score (nSPS) is 22.1. The molecule has 21 heavy (non-hydrogen) atoms. The number of para-hydroxylation sites is 1. The summed E-state index contributed by atoms with van der Waals surface area (Å²) in [4.78, 5) is 19.7. The topological polar surface area (TPSA) is 75.1 Å². The Bertz CT molecular complexity index is 636. The van der Waals surface area contributed by atoms with Crippen molar-refractivity contribution in [1.29, 1.82) is 0 Å². The fraction of sp³-hybridized carbons (Fsp3) is 0.438. The van der Waals surface area contributed by atoms with Crippen LogP contribution in [-0.2, 0) is 4.79 Å². The summed E-state index contributed by atoms with van der Waals surface area (Å²) in [5.74, 6) is 0.349. The number of carboxylic acid groups (broad SMARTS) is 1. The first-order valence-electron chi connectivity index (χ1n) is 7.41. The molecule has 1 aliphatic rings. The Morgan fingerprint density at radius 2 is 2.00 bits per heavy atom. The van der Waals surface area contributed by atoms with E-state index < -0.39 is 5.97 Å². The van der Waals surface area contributed by atoms with Gasteiger partial charge in [0, 0.05) is 18.1 Å². The molecule has 0 atom stereocenters. The highest BCUT2D eigenvalue weighted by Crippen LogP contribution is 2.29. The Morgan fingerprint density at radius 3 is 2.76 bits per heavy atom. The summed E-state index contributed by atoms with van der Waals surface area (Å²) in [7, 11) is 0. The van der Waals surface area contributed by atoms with Crippen molar-refractivity contribution >= 4 is 22.8 Å². The van der Waals surface area contributed by atoms with Crippen molar-refractivity contribution in [2.75, 3.05) is 11.9 Å². The van der Waals surface area contributed by atoms with E-state index in [1.807, 2.05) is 30.5 Å². The summed E-state index contributed by atoms with van der Waals surface area (Å²) in [5, 5.41) is 13.3. The minimum Gasteiger partial charge on any atom is -0.481 e. The Hall–Kier alpha value is -2.17. The van der Waals surface area contributed by atoms with E-state index in [0.717, 1.165) is 43.1 Å². The molecular weight excluding hydrogens is 266 g/mol. The van der Waals surface area contributed by atoms with Crippen LogP contribution in [-0.4, -0.2) is 27.6 Å². The van der Waals surface area contributed by atoms with Crippen molar-refractivity contribution < 1.29 is 9.90 Å². The van der Waals surface area contributed by atoms with E-state index in [9.17, 15) is 4.79 Å². The molecule has 1 heterocycles. The third-order valence-corrected chi connectivity index (χ3v) is 4.23. The first-order chi connectivity index (χ1) is 10.2. The maximum absolute atomic E-state index is 10.9. The zero-order valence-electron chi connectivity index (χ0n) is 11.8. The summed E-state index contributed by atoms with van der Waals surface area (Å²) in [5.41, 5.74) is 0.935. The van der Waals surface area contributed by atoms with Crippen LogP contribution in [0.1, 0.15) is 25.7 Å². The summed E-state index contributed by atoms with van der Waals surface area (Å²) < 4.78 is 0. The summed E-state index contributed by atoms with van der Waals surface area (Å²) in [6, 6.07) is 7.90. The molecule has 2 aromatic rings. The lowest BCUT2D eigenvalue weighted by Gasteiger charge is -2.26. The van der Waals surface area contributed by atoms with Gasteiger partial charge in [-0.25, -0.2) is 9.97 Å². The van der Waals surface area contributed by atoms with Crippen molar-refractivity contribution in [2.24, 2.45) is 11.8 Å². The molecule has 110 valence electrons. The highest BCUT2D eigenvalue weighted by molar-refractivity contribution is 5.78. The van der Waals surface area contributed by atoms with Crippen molar-refractivity contribution in [1.82, 2.24) is 9.97 Å². The highest BCUT2D eigenvalue weighted by atomic mass is 16.4. The number of nitrogens with zero attached hydrogens (tertiary/aromatic N) is 2. The summed E-state index contributed by atoms with van der Waals surface area (Å²) in [6.07, 6.45) is 5.29. The molecule has 0 unspecified atom stereocenters. The van der Waals surface area contributed by atoms with Gasteiger partial charge in [-0.15, -0.1) is 0 Å². The second-order valence-electron chi connectivity index (χ2n) is 5.69. The number of nitrogens with one attached hydrogen (secondary N) is 1. The van der Waals surface area contributed by atoms with Crippen LogP contribution < -0.4 is 5.32 Å². The van der Waals surface area contributed by atoms with Gasteiger partial charge in [0.2, 0.25) is 5.95 Å². The fourth-order valence-corrected chi connectivity index (χ4v) is 2.91. The van der Waals surface area contributed by atoms with Crippen LogP contribution in [0.2, 0.25) is 0 Å². The van der Waals surface area contributed by atoms with E-state index in [4.69, 9.17) is 5.11 Å². The molecule has 3 rings (SSSR count). The van der Waals surface area contributed by atoms with E-state index in [2.05, 4.69) is 15.3 Å². The molecule has 5 heteroatoms. The Labute approximate surface area is 123 Å². The van der Waals surface area contributed by atoms with Crippen LogP contribution in [0.4, 0.5) is 5.95 Å². The third-order valence-electron chi connectivity index (χ3n) is 4.23. The maximum Gasteiger partial charge on any atom is 0.306 e. The van der Waals surface area contributed by atoms with Gasteiger partial charge in [-0.1, -0.05) is 18.2 Å². The molecule has 1 aromatic heterocycles. The lowest BCUT2D eigenvalue weighted by atomic mass is 9.82.